The molecule has 2 saturated heterocycles. The summed E-state index contributed by atoms with van der Waals surface area (Å²) in [5.41, 5.74) is 0. The predicted octanol–water partition coefficient (Wildman–Crippen LogP) is 1.45. The first-order valence-electron chi connectivity index (χ1n) is 4.92. The van der Waals surface area contributed by atoms with Crippen LogP contribution < -0.4 is 0 Å². The van der Waals surface area contributed by atoms with Gasteiger partial charge in [0.05, 0.1) is 6.04 Å². The van der Waals surface area contributed by atoms with Crippen LogP contribution in [-0.4, -0.2) is 29.8 Å². The zero-order chi connectivity index (χ0) is 8.72. The molecule has 0 radical (unpaired) electrons. The van der Waals surface area contributed by atoms with Gasteiger partial charge >= 0.3 is 0 Å². The smallest absolute Gasteiger partial charge is 0.147 e. The Morgan fingerprint density at radius 2 is 1.83 bits per heavy atom. The summed E-state index contributed by atoms with van der Waals surface area (Å²) in [6.07, 6.45) is 5.18. The fourth-order valence-corrected chi connectivity index (χ4v) is 3.00. The Morgan fingerprint density at radius 3 is 2.17 bits per heavy atom. The van der Waals surface area contributed by atoms with Gasteiger partial charge in [-0.05, 0) is 45.6 Å². The maximum Gasteiger partial charge on any atom is 0.147 e. The van der Waals surface area contributed by atoms with E-state index in [1.807, 2.05) is 0 Å². The van der Waals surface area contributed by atoms with E-state index in [1.165, 1.54) is 25.7 Å². The Bertz CT molecular complexity index is 192. The third-order valence-corrected chi connectivity index (χ3v) is 3.62. The Morgan fingerprint density at radius 1 is 1.25 bits per heavy atom. The third-order valence-electron chi connectivity index (χ3n) is 3.62. The molecule has 3 fully saturated rings. The van der Waals surface area contributed by atoms with Gasteiger partial charge in [0.1, 0.15) is 5.78 Å². The molecule has 68 valence electrons. The summed E-state index contributed by atoms with van der Waals surface area (Å²) in [7, 11) is 2.11. The molecule has 0 aromatic rings. The van der Waals surface area contributed by atoms with Gasteiger partial charge in [-0.25, -0.2) is 0 Å². The fraction of sp³-hybridized carbons (Fsp3) is 0.900. The second kappa shape index (κ2) is 2.84. The van der Waals surface area contributed by atoms with E-state index in [9.17, 15) is 4.79 Å². The van der Waals surface area contributed by atoms with Crippen LogP contribution in [0.2, 0.25) is 0 Å². The van der Waals surface area contributed by atoms with E-state index >= 15 is 0 Å². The first-order valence-corrected chi connectivity index (χ1v) is 4.92. The molecule has 0 N–H and O–H groups in total. The minimum Gasteiger partial charge on any atom is -0.298 e. The van der Waals surface area contributed by atoms with Gasteiger partial charge in [-0.2, -0.15) is 0 Å². The first-order chi connectivity index (χ1) is 5.70. The van der Waals surface area contributed by atoms with Gasteiger partial charge in [-0.3, -0.25) is 9.69 Å². The van der Waals surface area contributed by atoms with Crippen molar-refractivity contribution >= 4 is 5.78 Å². The number of carbonyl (C=O) groups is 1. The van der Waals surface area contributed by atoms with E-state index in [4.69, 9.17) is 0 Å². The number of hydrogen-bond acceptors (Lipinski definition) is 2. The van der Waals surface area contributed by atoms with E-state index in [1.54, 1.807) is 6.92 Å². The van der Waals surface area contributed by atoms with Gasteiger partial charge in [-0.15, -0.1) is 0 Å². The van der Waals surface area contributed by atoms with E-state index in [2.05, 4.69) is 11.9 Å². The molecule has 0 unspecified atom stereocenters. The molecule has 0 spiro atoms. The number of ketones is 1. The lowest BCUT2D eigenvalue weighted by atomic mass is 9.74. The molecule has 0 aromatic heterocycles. The van der Waals surface area contributed by atoms with E-state index in [0.717, 1.165) is 0 Å². The quantitative estimate of drug-likeness (QED) is 0.589. The lowest BCUT2D eigenvalue weighted by Crippen LogP contribution is -2.55. The molecule has 1 aliphatic carbocycles. The predicted molar refractivity (Wildman–Crippen MR) is 48.0 cm³/mol. The van der Waals surface area contributed by atoms with Crippen molar-refractivity contribution < 1.29 is 4.79 Å². The van der Waals surface area contributed by atoms with E-state index in [-0.39, 0.29) is 6.04 Å². The highest BCUT2D eigenvalue weighted by Crippen LogP contribution is 2.38. The molecule has 12 heavy (non-hydrogen) atoms. The maximum atomic E-state index is 11.4. The van der Waals surface area contributed by atoms with Crippen molar-refractivity contribution in [3.05, 3.63) is 0 Å². The standard InChI is InChI=1S/C10H17NO/c1-7(12)10-8-3-5-9(6-4-8)11(10)2/h8-10H,3-6H2,1-2H3/t8?,9?,10-/m1/s1. The van der Waals surface area contributed by atoms with Gasteiger partial charge in [0.25, 0.3) is 0 Å². The van der Waals surface area contributed by atoms with Gasteiger partial charge < -0.3 is 0 Å². The Balaban J connectivity index is 2.18. The highest BCUT2D eigenvalue weighted by atomic mass is 16.1. The summed E-state index contributed by atoms with van der Waals surface area (Å²) in [4.78, 5) is 13.7. The first kappa shape index (κ1) is 8.24. The van der Waals surface area contributed by atoms with Crippen LogP contribution in [0.25, 0.3) is 0 Å². The number of rotatable bonds is 1. The summed E-state index contributed by atoms with van der Waals surface area (Å²) in [5.74, 6) is 1.03. The number of Topliss-reactive ketones (excluding diaryl/α,β-unsaturated/α-hetero) is 1. The number of carbonyl (C=O) groups excluding carboxylic acids is 1. The second-order valence-electron chi connectivity index (χ2n) is 4.29. The lowest BCUT2D eigenvalue weighted by molar-refractivity contribution is -0.129. The summed E-state index contributed by atoms with van der Waals surface area (Å²) < 4.78 is 0. The van der Waals surface area contributed by atoms with Crippen molar-refractivity contribution in [3.8, 4) is 0 Å². The van der Waals surface area contributed by atoms with Crippen LogP contribution in [0.15, 0.2) is 0 Å². The van der Waals surface area contributed by atoms with Gasteiger partial charge in [0.2, 0.25) is 0 Å². The molecule has 2 nitrogen and oxygen atoms in total. The number of piperidine rings is 2. The summed E-state index contributed by atoms with van der Waals surface area (Å²) in [6, 6.07) is 0.946. The highest BCUT2D eigenvalue weighted by molar-refractivity contribution is 5.82. The number of fused-ring (bicyclic) bond motifs is 3. The summed E-state index contributed by atoms with van der Waals surface area (Å²) in [5, 5.41) is 0. The molecule has 0 amide bonds. The van der Waals surface area contributed by atoms with Gasteiger partial charge in [-0.1, -0.05) is 0 Å². The molecule has 3 rings (SSSR count). The molecule has 2 bridgehead atoms. The van der Waals surface area contributed by atoms with Crippen molar-refractivity contribution in [2.45, 2.75) is 44.7 Å². The normalized spacial score (nSPS) is 41.7. The summed E-state index contributed by atoms with van der Waals surface area (Å²) >= 11 is 0. The molecule has 2 heteroatoms. The Kier molecular flexibility index (Phi) is 1.95. The van der Waals surface area contributed by atoms with Crippen LogP contribution in [0.3, 0.4) is 0 Å². The third kappa shape index (κ3) is 1.09. The van der Waals surface area contributed by atoms with Crippen LogP contribution in [0.1, 0.15) is 32.6 Å². The SMILES string of the molecule is CC(=O)[C@@H]1C2CCC(CC2)N1C. The average Bonchev–Trinajstić information content (AvgIpc) is 2.05. The molecule has 1 atom stereocenters. The minimum atomic E-state index is 0.248. The van der Waals surface area contributed by atoms with Crippen molar-refractivity contribution in [1.82, 2.24) is 4.90 Å². The largest absolute Gasteiger partial charge is 0.298 e. The van der Waals surface area contributed by atoms with Crippen molar-refractivity contribution in [3.63, 3.8) is 0 Å². The average molecular weight is 167 g/mol. The molecule has 1 saturated carbocycles. The number of nitrogens with zero attached hydrogens (tertiary/aromatic N) is 1. The molecule has 0 aromatic carbocycles. The Hall–Kier alpha value is -0.370. The Labute approximate surface area is 73.9 Å². The van der Waals surface area contributed by atoms with E-state index < -0.39 is 0 Å². The van der Waals surface area contributed by atoms with Gasteiger partial charge in [0.15, 0.2) is 0 Å². The minimum absolute atomic E-state index is 0.248. The van der Waals surface area contributed by atoms with Gasteiger partial charge in [0, 0.05) is 6.04 Å². The van der Waals surface area contributed by atoms with Crippen molar-refractivity contribution in [2.24, 2.45) is 5.92 Å². The maximum absolute atomic E-state index is 11.4. The van der Waals surface area contributed by atoms with Crippen LogP contribution in [0.5, 0.6) is 0 Å². The summed E-state index contributed by atoms with van der Waals surface area (Å²) in [6.45, 7) is 1.74. The fourth-order valence-electron chi connectivity index (χ4n) is 3.00. The van der Waals surface area contributed by atoms with E-state index in [0.29, 0.717) is 17.7 Å². The molecule has 2 heterocycles. The second-order valence-corrected chi connectivity index (χ2v) is 4.29. The molecular formula is C10H17NO. The lowest BCUT2D eigenvalue weighted by Gasteiger charge is -2.48. The monoisotopic (exact) mass is 167 g/mol. The van der Waals surface area contributed by atoms with Crippen LogP contribution in [0.4, 0.5) is 0 Å². The van der Waals surface area contributed by atoms with Crippen LogP contribution >= 0.6 is 0 Å². The topological polar surface area (TPSA) is 20.3 Å². The van der Waals surface area contributed by atoms with Crippen molar-refractivity contribution in [1.29, 1.82) is 0 Å². The highest BCUT2D eigenvalue weighted by Gasteiger charge is 2.41. The van der Waals surface area contributed by atoms with Crippen LogP contribution in [0, 0.1) is 5.92 Å². The molecule has 2 aliphatic heterocycles. The zero-order valence-corrected chi connectivity index (χ0v) is 7.92. The van der Waals surface area contributed by atoms with Crippen molar-refractivity contribution in [2.75, 3.05) is 7.05 Å². The zero-order valence-electron chi connectivity index (χ0n) is 7.92. The van der Waals surface area contributed by atoms with Crippen LogP contribution in [-0.2, 0) is 4.79 Å². The number of hydrogen-bond donors (Lipinski definition) is 0. The molecular weight excluding hydrogens is 150 g/mol. The molecule has 3 aliphatic rings. The number of likely N-dealkylation sites (N-methyl/N-ethyl adjacent to an activating group) is 1.